The van der Waals surface area contributed by atoms with Crippen LogP contribution in [0.5, 0.6) is 0 Å². The fourth-order valence-corrected chi connectivity index (χ4v) is 3.08. The molecule has 0 bridgehead atoms. The van der Waals surface area contributed by atoms with Crippen molar-refractivity contribution in [1.82, 2.24) is 14.8 Å². The Bertz CT molecular complexity index is 541. The zero-order valence-corrected chi connectivity index (χ0v) is 13.2. The summed E-state index contributed by atoms with van der Waals surface area (Å²) >= 11 is 0. The number of aromatic nitrogens is 1. The molecule has 5 heteroatoms. The number of aryl methyl sites for hydroxylation is 1. The highest BCUT2D eigenvalue weighted by Crippen LogP contribution is 2.17. The Kier molecular flexibility index (Phi) is 5.17. The summed E-state index contributed by atoms with van der Waals surface area (Å²) in [5.74, 6) is -0.144. The van der Waals surface area contributed by atoms with Crippen LogP contribution in [-0.2, 0) is 0 Å². The van der Waals surface area contributed by atoms with Crippen LogP contribution in [0.1, 0.15) is 42.7 Å². The number of piperidine rings is 1. The summed E-state index contributed by atoms with van der Waals surface area (Å²) in [6.45, 7) is 9.71. The van der Waals surface area contributed by atoms with Crippen molar-refractivity contribution in [2.24, 2.45) is 0 Å². The summed E-state index contributed by atoms with van der Waals surface area (Å²) in [7, 11) is 0. The maximum absolute atomic E-state index is 12.4. The number of hydrogen-bond acceptors (Lipinski definition) is 3. The normalized spacial score (nSPS) is 16.5. The van der Waals surface area contributed by atoms with Gasteiger partial charge in [0.15, 0.2) is 5.43 Å². The highest BCUT2D eigenvalue weighted by atomic mass is 16.2. The Hall–Kier alpha value is -1.62. The number of carbonyl (C=O) groups excluding carboxylic acids is 1. The molecule has 1 aliphatic heterocycles. The molecule has 1 aliphatic rings. The van der Waals surface area contributed by atoms with E-state index in [2.05, 4.69) is 23.7 Å². The third-order valence-corrected chi connectivity index (χ3v) is 4.37. The first-order valence-corrected chi connectivity index (χ1v) is 7.79. The second kappa shape index (κ2) is 6.89. The zero-order valence-electron chi connectivity index (χ0n) is 13.2. The molecule has 0 saturated carbocycles. The Balaban J connectivity index is 2.02. The molecule has 2 rings (SSSR count). The number of likely N-dealkylation sites (tertiary alicyclic amines) is 1. The van der Waals surface area contributed by atoms with Crippen molar-refractivity contribution in [2.45, 2.75) is 39.7 Å². The van der Waals surface area contributed by atoms with E-state index in [1.54, 1.807) is 4.90 Å². The first-order valence-electron chi connectivity index (χ1n) is 7.79. The topological polar surface area (TPSA) is 56.4 Å². The van der Waals surface area contributed by atoms with E-state index in [0.717, 1.165) is 44.7 Å². The molecule has 5 nitrogen and oxygen atoms in total. The van der Waals surface area contributed by atoms with Gasteiger partial charge >= 0.3 is 0 Å². The fraction of sp³-hybridized carbons (Fsp3) is 0.625. The van der Waals surface area contributed by atoms with Gasteiger partial charge in [-0.05, 0) is 32.9 Å². The van der Waals surface area contributed by atoms with Gasteiger partial charge < -0.3 is 14.8 Å². The van der Waals surface area contributed by atoms with Crippen LogP contribution in [0.3, 0.4) is 0 Å². The van der Waals surface area contributed by atoms with Crippen LogP contribution in [0, 0.1) is 6.92 Å². The molecule has 1 fully saturated rings. The zero-order chi connectivity index (χ0) is 15.4. The second-order valence-electron chi connectivity index (χ2n) is 5.64. The summed E-state index contributed by atoms with van der Waals surface area (Å²) in [6, 6.07) is 2.04. The van der Waals surface area contributed by atoms with Crippen molar-refractivity contribution in [3.8, 4) is 0 Å². The third kappa shape index (κ3) is 3.53. The van der Waals surface area contributed by atoms with Crippen molar-refractivity contribution in [2.75, 3.05) is 26.2 Å². The predicted molar refractivity (Wildman–Crippen MR) is 83.6 cm³/mol. The van der Waals surface area contributed by atoms with Gasteiger partial charge in [0.1, 0.15) is 5.56 Å². The van der Waals surface area contributed by atoms with Crippen LogP contribution in [0.15, 0.2) is 17.1 Å². The average molecular weight is 291 g/mol. The minimum Gasteiger partial charge on any atom is -0.364 e. The number of hydrogen-bond donors (Lipinski definition) is 1. The average Bonchev–Trinajstić information content (AvgIpc) is 2.48. The Morgan fingerprint density at radius 3 is 2.48 bits per heavy atom. The number of amides is 1. The molecule has 2 heterocycles. The maximum Gasteiger partial charge on any atom is 0.259 e. The summed E-state index contributed by atoms with van der Waals surface area (Å²) in [5.41, 5.74) is 0.834. The first kappa shape index (κ1) is 15.8. The molecule has 1 aromatic rings. The lowest BCUT2D eigenvalue weighted by Gasteiger charge is -2.37. The number of rotatable bonds is 4. The van der Waals surface area contributed by atoms with Gasteiger partial charge in [-0.1, -0.05) is 13.8 Å². The lowest BCUT2D eigenvalue weighted by molar-refractivity contribution is 0.0630. The maximum atomic E-state index is 12.4. The van der Waals surface area contributed by atoms with E-state index in [-0.39, 0.29) is 16.9 Å². The minimum atomic E-state index is -0.192. The second-order valence-corrected chi connectivity index (χ2v) is 5.64. The lowest BCUT2D eigenvalue weighted by Crippen LogP contribution is -2.47. The molecular weight excluding hydrogens is 266 g/mol. The van der Waals surface area contributed by atoms with Gasteiger partial charge in [0.05, 0.1) is 0 Å². The number of carbonyl (C=O) groups is 1. The Labute approximate surface area is 126 Å². The number of H-pyrrole nitrogens is 1. The molecule has 0 aliphatic carbocycles. The number of pyridine rings is 1. The monoisotopic (exact) mass is 291 g/mol. The van der Waals surface area contributed by atoms with E-state index in [4.69, 9.17) is 0 Å². The molecule has 116 valence electrons. The van der Waals surface area contributed by atoms with Crippen molar-refractivity contribution in [1.29, 1.82) is 0 Å². The quantitative estimate of drug-likeness (QED) is 0.917. The van der Waals surface area contributed by atoms with Crippen LogP contribution < -0.4 is 5.43 Å². The van der Waals surface area contributed by atoms with Crippen molar-refractivity contribution >= 4 is 5.91 Å². The summed E-state index contributed by atoms with van der Waals surface area (Å²) in [6.07, 6.45) is 3.50. The van der Waals surface area contributed by atoms with Crippen molar-refractivity contribution in [3.63, 3.8) is 0 Å². The Morgan fingerprint density at radius 2 is 1.95 bits per heavy atom. The number of aromatic amines is 1. The van der Waals surface area contributed by atoms with Crippen LogP contribution in [0.4, 0.5) is 0 Å². The van der Waals surface area contributed by atoms with Crippen LogP contribution in [0.2, 0.25) is 0 Å². The number of nitrogens with zero attached hydrogens (tertiary/aromatic N) is 2. The van der Waals surface area contributed by atoms with E-state index < -0.39 is 0 Å². The molecule has 0 atom stereocenters. The van der Waals surface area contributed by atoms with Gasteiger partial charge in [-0.3, -0.25) is 9.59 Å². The van der Waals surface area contributed by atoms with E-state index in [0.29, 0.717) is 6.04 Å². The predicted octanol–water partition coefficient (Wildman–Crippen LogP) is 1.63. The van der Waals surface area contributed by atoms with Gasteiger partial charge in [-0.25, -0.2) is 0 Å². The fourth-order valence-electron chi connectivity index (χ4n) is 3.08. The molecule has 0 spiro atoms. The van der Waals surface area contributed by atoms with Gasteiger partial charge in [-0.15, -0.1) is 0 Å². The smallest absolute Gasteiger partial charge is 0.259 e. The highest BCUT2D eigenvalue weighted by molar-refractivity contribution is 5.93. The van der Waals surface area contributed by atoms with Gasteiger partial charge in [0.2, 0.25) is 0 Å². The van der Waals surface area contributed by atoms with Gasteiger partial charge in [-0.2, -0.15) is 0 Å². The molecular formula is C16H25N3O2. The van der Waals surface area contributed by atoms with E-state index in [1.807, 2.05) is 6.92 Å². The van der Waals surface area contributed by atoms with E-state index in [1.165, 1.54) is 12.3 Å². The Morgan fingerprint density at radius 1 is 1.33 bits per heavy atom. The molecule has 1 saturated heterocycles. The van der Waals surface area contributed by atoms with Crippen molar-refractivity contribution in [3.05, 3.63) is 33.7 Å². The molecule has 1 aromatic heterocycles. The lowest BCUT2D eigenvalue weighted by atomic mass is 10.0. The van der Waals surface area contributed by atoms with Gasteiger partial charge in [0.25, 0.3) is 5.91 Å². The van der Waals surface area contributed by atoms with Crippen LogP contribution >= 0.6 is 0 Å². The summed E-state index contributed by atoms with van der Waals surface area (Å²) in [5, 5.41) is 0. The highest BCUT2D eigenvalue weighted by Gasteiger charge is 2.27. The van der Waals surface area contributed by atoms with Crippen LogP contribution in [-0.4, -0.2) is 52.9 Å². The third-order valence-electron chi connectivity index (χ3n) is 4.37. The molecule has 0 aromatic carbocycles. The number of nitrogens with one attached hydrogen (secondary N) is 1. The van der Waals surface area contributed by atoms with Gasteiger partial charge in [0, 0.05) is 37.1 Å². The summed E-state index contributed by atoms with van der Waals surface area (Å²) in [4.78, 5) is 31.6. The van der Waals surface area contributed by atoms with E-state index in [9.17, 15) is 9.59 Å². The summed E-state index contributed by atoms with van der Waals surface area (Å²) < 4.78 is 0. The molecule has 21 heavy (non-hydrogen) atoms. The minimum absolute atomic E-state index is 0.144. The largest absolute Gasteiger partial charge is 0.364 e. The molecule has 1 amide bonds. The molecule has 0 radical (unpaired) electrons. The first-order chi connectivity index (χ1) is 10.1. The SMILES string of the molecule is CCN(CC)C1CCN(C(=O)c2c[nH]c(C)cc2=O)CC1. The van der Waals surface area contributed by atoms with Crippen molar-refractivity contribution < 1.29 is 4.79 Å². The van der Waals surface area contributed by atoms with E-state index >= 15 is 0 Å². The van der Waals surface area contributed by atoms with Crippen LogP contribution in [0.25, 0.3) is 0 Å². The molecule has 0 unspecified atom stereocenters. The standard InChI is InChI=1S/C16H25N3O2/c1-4-18(5-2)13-6-8-19(9-7-13)16(21)14-11-17-12(3)10-15(14)20/h10-11,13H,4-9H2,1-3H3,(H,17,20). The molecule has 1 N–H and O–H groups in total.